The lowest BCUT2D eigenvalue weighted by atomic mass is 10.2. The Balaban J connectivity index is 2.23. The van der Waals surface area contributed by atoms with Crippen molar-refractivity contribution < 1.29 is 18.1 Å². The Morgan fingerprint density at radius 2 is 1.92 bits per heavy atom. The summed E-state index contributed by atoms with van der Waals surface area (Å²) in [6.45, 7) is -0.174. The second-order valence-corrected chi connectivity index (χ2v) is 6.59. The van der Waals surface area contributed by atoms with Crippen LogP contribution in [0, 0.1) is 22.5 Å². The van der Waals surface area contributed by atoms with Crippen molar-refractivity contribution in [1.29, 1.82) is 0 Å². The number of amides is 1. The zero-order valence-corrected chi connectivity index (χ0v) is 13.6. The number of carbonyl (C=O) groups is 1. The maximum Gasteiger partial charge on any atom is 0.271 e. The molecular formula is C16H13N3O5S. The highest BCUT2D eigenvalue weighted by Gasteiger charge is 2.16. The Morgan fingerprint density at radius 3 is 2.60 bits per heavy atom. The van der Waals surface area contributed by atoms with Crippen LogP contribution in [0.4, 0.5) is 11.4 Å². The van der Waals surface area contributed by atoms with E-state index in [0.717, 1.165) is 0 Å². The second kappa shape index (κ2) is 7.57. The van der Waals surface area contributed by atoms with Gasteiger partial charge < -0.3 is 5.32 Å². The highest BCUT2D eigenvalue weighted by atomic mass is 32.2. The van der Waals surface area contributed by atoms with Crippen molar-refractivity contribution in [3.05, 3.63) is 64.2 Å². The first kappa shape index (κ1) is 18.1. The third-order valence-corrected chi connectivity index (χ3v) is 4.48. The summed E-state index contributed by atoms with van der Waals surface area (Å²) in [5.41, 5.74) is 0.126. The third kappa shape index (κ3) is 4.63. The lowest BCUT2D eigenvalue weighted by Crippen LogP contribution is -2.24. The number of sulfonamides is 1. The van der Waals surface area contributed by atoms with E-state index in [9.17, 15) is 23.3 Å². The monoisotopic (exact) mass is 359 g/mol. The molecule has 0 aliphatic carbocycles. The second-order valence-electron chi connectivity index (χ2n) is 4.82. The molecule has 0 unspecified atom stereocenters. The summed E-state index contributed by atoms with van der Waals surface area (Å²) in [7, 11) is -3.83. The summed E-state index contributed by atoms with van der Waals surface area (Å²) in [5.74, 6) is 1.55. The van der Waals surface area contributed by atoms with Gasteiger partial charge in [-0.05, 0) is 24.3 Å². The fourth-order valence-corrected chi connectivity index (χ4v) is 2.90. The lowest BCUT2D eigenvalue weighted by molar-refractivity contribution is -0.384. The summed E-state index contributed by atoms with van der Waals surface area (Å²) in [6, 6.07) is 10.7. The van der Waals surface area contributed by atoms with E-state index in [4.69, 9.17) is 6.42 Å². The molecule has 8 nitrogen and oxygen atoms in total. The molecule has 0 aromatic heterocycles. The molecular weight excluding hydrogens is 346 g/mol. The predicted octanol–water partition coefficient (Wildman–Crippen LogP) is 1.76. The number of rotatable bonds is 6. The minimum absolute atomic E-state index is 0.0788. The number of nitro benzene ring substituents is 1. The zero-order valence-electron chi connectivity index (χ0n) is 12.8. The van der Waals surface area contributed by atoms with E-state index in [0.29, 0.717) is 0 Å². The molecule has 0 heterocycles. The van der Waals surface area contributed by atoms with Crippen LogP contribution in [-0.4, -0.2) is 25.8 Å². The van der Waals surface area contributed by atoms with Gasteiger partial charge in [0.2, 0.25) is 10.0 Å². The van der Waals surface area contributed by atoms with Crippen LogP contribution < -0.4 is 10.0 Å². The molecule has 0 saturated carbocycles. The van der Waals surface area contributed by atoms with Gasteiger partial charge >= 0.3 is 0 Å². The SMILES string of the molecule is C#CCNS(=O)(=O)c1cccc(C(=O)Nc2cccc([N+](=O)[O-])c2)c1. The number of nitrogens with one attached hydrogen (secondary N) is 2. The van der Waals surface area contributed by atoms with E-state index in [2.05, 4.69) is 16.0 Å². The Labute approximate surface area is 144 Å². The number of nitro groups is 1. The van der Waals surface area contributed by atoms with Crippen molar-refractivity contribution in [2.24, 2.45) is 0 Å². The van der Waals surface area contributed by atoms with Gasteiger partial charge in [0, 0.05) is 23.4 Å². The molecule has 2 aromatic rings. The molecule has 0 fully saturated rings. The van der Waals surface area contributed by atoms with Gasteiger partial charge in [0.1, 0.15) is 0 Å². The molecule has 0 radical (unpaired) electrons. The van der Waals surface area contributed by atoms with Crippen LogP contribution in [0.3, 0.4) is 0 Å². The molecule has 2 aromatic carbocycles. The lowest BCUT2D eigenvalue weighted by Gasteiger charge is -2.08. The van der Waals surface area contributed by atoms with Crippen molar-refractivity contribution in [1.82, 2.24) is 4.72 Å². The van der Waals surface area contributed by atoms with Gasteiger partial charge in [0.25, 0.3) is 11.6 Å². The quantitative estimate of drug-likeness (QED) is 0.463. The first-order valence-electron chi connectivity index (χ1n) is 6.92. The molecule has 0 spiro atoms. The predicted molar refractivity (Wildman–Crippen MR) is 91.5 cm³/mol. The van der Waals surface area contributed by atoms with Crippen molar-refractivity contribution in [2.75, 3.05) is 11.9 Å². The van der Waals surface area contributed by atoms with E-state index in [1.165, 1.54) is 48.5 Å². The van der Waals surface area contributed by atoms with Gasteiger partial charge in [-0.25, -0.2) is 8.42 Å². The first-order valence-corrected chi connectivity index (χ1v) is 8.41. The van der Waals surface area contributed by atoms with E-state index in [1.807, 2.05) is 0 Å². The van der Waals surface area contributed by atoms with Crippen LogP contribution in [0.2, 0.25) is 0 Å². The number of nitrogens with zero attached hydrogens (tertiary/aromatic N) is 1. The Hall–Kier alpha value is -3.22. The van der Waals surface area contributed by atoms with Crippen molar-refractivity contribution in [3.8, 4) is 12.3 Å². The zero-order chi connectivity index (χ0) is 18.4. The largest absolute Gasteiger partial charge is 0.322 e. The average Bonchev–Trinajstić information content (AvgIpc) is 2.60. The molecule has 2 N–H and O–H groups in total. The van der Waals surface area contributed by atoms with E-state index < -0.39 is 20.9 Å². The first-order chi connectivity index (χ1) is 11.8. The van der Waals surface area contributed by atoms with Crippen LogP contribution in [0.1, 0.15) is 10.4 Å². The van der Waals surface area contributed by atoms with Crippen LogP contribution in [0.25, 0.3) is 0 Å². The number of hydrogen-bond donors (Lipinski definition) is 2. The molecule has 2 rings (SSSR count). The highest BCUT2D eigenvalue weighted by molar-refractivity contribution is 7.89. The van der Waals surface area contributed by atoms with Crippen LogP contribution >= 0.6 is 0 Å². The van der Waals surface area contributed by atoms with Crippen LogP contribution in [-0.2, 0) is 10.0 Å². The number of hydrogen-bond acceptors (Lipinski definition) is 5. The van der Waals surface area contributed by atoms with Crippen LogP contribution in [0.15, 0.2) is 53.4 Å². The standard InChI is InChI=1S/C16H13N3O5S/c1-2-9-17-25(23,24)15-8-3-5-12(10-15)16(20)18-13-6-4-7-14(11-13)19(21)22/h1,3-8,10-11,17H,9H2,(H,18,20). The van der Waals surface area contributed by atoms with Gasteiger partial charge in [0.05, 0.1) is 16.4 Å². The van der Waals surface area contributed by atoms with Crippen molar-refractivity contribution in [3.63, 3.8) is 0 Å². The third-order valence-electron chi connectivity index (χ3n) is 3.09. The van der Waals surface area contributed by atoms with Gasteiger partial charge in [-0.2, -0.15) is 4.72 Å². The Bertz CT molecular complexity index is 964. The number of anilines is 1. The topological polar surface area (TPSA) is 118 Å². The van der Waals surface area contributed by atoms with E-state index in [1.54, 1.807) is 0 Å². The summed E-state index contributed by atoms with van der Waals surface area (Å²) in [5, 5.41) is 13.2. The molecule has 0 bridgehead atoms. The minimum Gasteiger partial charge on any atom is -0.322 e. The van der Waals surface area contributed by atoms with Crippen LogP contribution in [0.5, 0.6) is 0 Å². The summed E-state index contributed by atoms with van der Waals surface area (Å²) < 4.78 is 26.3. The van der Waals surface area contributed by atoms with Crippen molar-refractivity contribution in [2.45, 2.75) is 4.90 Å². The average molecular weight is 359 g/mol. The molecule has 25 heavy (non-hydrogen) atoms. The van der Waals surface area contributed by atoms with Gasteiger partial charge in [-0.3, -0.25) is 14.9 Å². The number of terminal acetylenes is 1. The summed E-state index contributed by atoms with van der Waals surface area (Å²) in [4.78, 5) is 22.3. The molecule has 0 aliphatic rings. The fourth-order valence-electron chi connectivity index (χ4n) is 1.92. The molecule has 1 amide bonds. The summed E-state index contributed by atoms with van der Waals surface area (Å²) in [6.07, 6.45) is 5.02. The van der Waals surface area contributed by atoms with Gasteiger partial charge in [0.15, 0.2) is 0 Å². The molecule has 0 atom stereocenters. The number of benzene rings is 2. The molecule has 128 valence electrons. The number of non-ortho nitro benzene ring substituents is 1. The smallest absolute Gasteiger partial charge is 0.271 e. The summed E-state index contributed by atoms with van der Waals surface area (Å²) >= 11 is 0. The van der Waals surface area contributed by atoms with Gasteiger partial charge in [-0.15, -0.1) is 6.42 Å². The molecule has 0 aliphatic heterocycles. The Kier molecular flexibility index (Phi) is 5.49. The minimum atomic E-state index is -3.83. The molecule has 0 saturated heterocycles. The maximum atomic E-state index is 12.3. The van der Waals surface area contributed by atoms with E-state index >= 15 is 0 Å². The fraction of sp³-hybridized carbons (Fsp3) is 0.0625. The highest BCUT2D eigenvalue weighted by Crippen LogP contribution is 2.18. The normalized spacial score (nSPS) is 10.7. The number of carbonyl (C=O) groups excluding carboxylic acids is 1. The maximum absolute atomic E-state index is 12.3. The van der Waals surface area contributed by atoms with E-state index in [-0.39, 0.29) is 28.4 Å². The van der Waals surface area contributed by atoms with Gasteiger partial charge in [-0.1, -0.05) is 18.1 Å². The van der Waals surface area contributed by atoms with Crippen molar-refractivity contribution >= 4 is 27.3 Å². The molecule has 9 heteroatoms. The Morgan fingerprint density at radius 1 is 1.20 bits per heavy atom.